The minimum atomic E-state index is 0. The van der Waals surface area contributed by atoms with E-state index in [0.29, 0.717) is 0 Å². The molecule has 0 aliphatic rings. The molecule has 0 radical (unpaired) electrons. The lowest BCUT2D eigenvalue weighted by Gasteiger charge is -1.99. The Morgan fingerprint density at radius 3 is 2.75 bits per heavy atom. The third-order valence-corrected chi connectivity index (χ3v) is 1.68. The first-order valence-corrected chi connectivity index (χ1v) is 3.88. The predicted octanol–water partition coefficient (Wildman–Crippen LogP) is 1.77. The standard InChI is InChI=1S/C8H11ClN2.ClH/c9-8-3-1-2-7(6-8)4-5-11-10;/h1-3,6,11H,4-5,10H2;1H. The molecule has 0 aliphatic carbocycles. The molecule has 0 atom stereocenters. The lowest BCUT2D eigenvalue weighted by Crippen LogP contribution is -2.24. The van der Waals surface area contributed by atoms with E-state index in [9.17, 15) is 0 Å². The van der Waals surface area contributed by atoms with E-state index in [1.807, 2.05) is 24.3 Å². The normalized spacial score (nSPS) is 9.17. The summed E-state index contributed by atoms with van der Waals surface area (Å²) in [7, 11) is 0. The quantitative estimate of drug-likeness (QED) is 0.585. The summed E-state index contributed by atoms with van der Waals surface area (Å²) in [6.45, 7) is 0.778. The van der Waals surface area contributed by atoms with E-state index in [1.165, 1.54) is 5.56 Å². The number of nitrogens with one attached hydrogen (secondary N) is 1. The molecule has 0 spiro atoms. The molecular weight excluding hydrogens is 195 g/mol. The number of hydrogen-bond donors (Lipinski definition) is 2. The van der Waals surface area contributed by atoms with Crippen LogP contribution in [0.3, 0.4) is 0 Å². The van der Waals surface area contributed by atoms with Gasteiger partial charge in [0.2, 0.25) is 0 Å². The Kier molecular flexibility index (Phi) is 6.11. The van der Waals surface area contributed by atoms with Crippen molar-refractivity contribution in [2.75, 3.05) is 6.54 Å². The Morgan fingerprint density at radius 1 is 1.42 bits per heavy atom. The molecule has 12 heavy (non-hydrogen) atoms. The zero-order valence-corrected chi connectivity index (χ0v) is 8.16. The van der Waals surface area contributed by atoms with Crippen LogP contribution in [-0.2, 0) is 6.42 Å². The first-order valence-electron chi connectivity index (χ1n) is 3.51. The smallest absolute Gasteiger partial charge is 0.0408 e. The van der Waals surface area contributed by atoms with Crippen LogP contribution >= 0.6 is 24.0 Å². The first kappa shape index (κ1) is 11.7. The van der Waals surface area contributed by atoms with Crippen molar-refractivity contribution in [1.82, 2.24) is 5.43 Å². The van der Waals surface area contributed by atoms with E-state index in [-0.39, 0.29) is 12.4 Å². The van der Waals surface area contributed by atoms with Gasteiger partial charge in [-0.3, -0.25) is 11.3 Å². The van der Waals surface area contributed by atoms with Gasteiger partial charge in [0.15, 0.2) is 0 Å². The highest BCUT2D eigenvalue weighted by atomic mass is 35.5. The van der Waals surface area contributed by atoms with Gasteiger partial charge in [-0.15, -0.1) is 12.4 Å². The Bertz CT molecular complexity index is 228. The lowest BCUT2D eigenvalue weighted by molar-refractivity contribution is 0.728. The number of nitrogens with two attached hydrogens (primary N) is 1. The van der Waals surface area contributed by atoms with E-state index in [0.717, 1.165) is 18.0 Å². The van der Waals surface area contributed by atoms with Crippen molar-refractivity contribution in [1.29, 1.82) is 0 Å². The van der Waals surface area contributed by atoms with Crippen LogP contribution in [0.15, 0.2) is 24.3 Å². The molecule has 0 bridgehead atoms. The number of hydrogen-bond acceptors (Lipinski definition) is 2. The van der Waals surface area contributed by atoms with Gasteiger partial charge in [-0.05, 0) is 24.1 Å². The SMILES string of the molecule is Cl.NNCCc1cccc(Cl)c1. The summed E-state index contributed by atoms with van der Waals surface area (Å²) in [5, 5.41) is 0.777. The van der Waals surface area contributed by atoms with Crippen molar-refractivity contribution in [3.8, 4) is 0 Å². The summed E-state index contributed by atoms with van der Waals surface area (Å²) in [6, 6.07) is 7.78. The van der Waals surface area contributed by atoms with Crippen LogP contribution in [-0.4, -0.2) is 6.54 Å². The summed E-state index contributed by atoms with van der Waals surface area (Å²) < 4.78 is 0. The van der Waals surface area contributed by atoms with Gasteiger partial charge in [0.05, 0.1) is 0 Å². The van der Waals surface area contributed by atoms with Crippen LogP contribution in [0.25, 0.3) is 0 Å². The molecule has 0 amide bonds. The Hall–Kier alpha value is -0.280. The summed E-state index contributed by atoms with van der Waals surface area (Å²) >= 11 is 5.77. The third kappa shape index (κ3) is 3.93. The van der Waals surface area contributed by atoms with Gasteiger partial charge in [-0.1, -0.05) is 23.7 Å². The zero-order valence-electron chi connectivity index (χ0n) is 6.59. The summed E-state index contributed by atoms with van der Waals surface area (Å²) in [4.78, 5) is 0. The van der Waals surface area contributed by atoms with Crippen molar-refractivity contribution in [3.63, 3.8) is 0 Å². The molecule has 1 rings (SSSR count). The van der Waals surface area contributed by atoms with Crippen LogP contribution in [0.5, 0.6) is 0 Å². The second kappa shape index (κ2) is 6.26. The fourth-order valence-corrected chi connectivity index (χ4v) is 1.12. The maximum Gasteiger partial charge on any atom is 0.0408 e. The molecule has 0 saturated heterocycles. The highest BCUT2D eigenvalue weighted by Gasteiger charge is 1.91. The number of hydrazine groups is 1. The van der Waals surface area contributed by atoms with Crippen molar-refractivity contribution in [3.05, 3.63) is 34.9 Å². The van der Waals surface area contributed by atoms with Gasteiger partial charge in [-0.2, -0.15) is 0 Å². The van der Waals surface area contributed by atoms with Gasteiger partial charge in [0.25, 0.3) is 0 Å². The van der Waals surface area contributed by atoms with Crippen LogP contribution in [0.4, 0.5) is 0 Å². The Morgan fingerprint density at radius 2 is 2.17 bits per heavy atom. The van der Waals surface area contributed by atoms with Gasteiger partial charge in [0.1, 0.15) is 0 Å². The van der Waals surface area contributed by atoms with E-state index in [1.54, 1.807) is 0 Å². The Labute approximate surface area is 83.5 Å². The highest BCUT2D eigenvalue weighted by Crippen LogP contribution is 2.10. The van der Waals surface area contributed by atoms with Crippen molar-refractivity contribution in [2.24, 2.45) is 5.84 Å². The molecule has 0 aromatic heterocycles. The van der Waals surface area contributed by atoms with Crippen molar-refractivity contribution >= 4 is 24.0 Å². The second-order valence-electron chi connectivity index (χ2n) is 2.33. The maximum absolute atomic E-state index is 5.77. The van der Waals surface area contributed by atoms with Crippen LogP contribution in [0.1, 0.15) is 5.56 Å². The average molecular weight is 207 g/mol. The largest absolute Gasteiger partial charge is 0.271 e. The third-order valence-electron chi connectivity index (χ3n) is 1.45. The molecule has 1 aromatic carbocycles. The minimum Gasteiger partial charge on any atom is -0.271 e. The zero-order chi connectivity index (χ0) is 8.10. The summed E-state index contributed by atoms with van der Waals surface area (Å²) in [5.41, 5.74) is 3.80. The van der Waals surface area contributed by atoms with Crippen molar-refractivity contribution < 1.29 is 0 Å². The molecule has 3 N–H and O–H groups in total. The van der Waals surface area contributed by atoms with Crippen LogP contribution in [0.2, 0.25) is 5.02 Å². The molecule has 2 nitrogen and oxygen atoms in total. The summed E-state index contributed by atoms with van der Waals surface area (Å²) in [5.74, 6) is 5.13. The van der Waals surface area contributed by atoms with Crippen LogP contribution < -0.4 is 11.3 Å². The van der Waals surface area contributed by atoms with E-state index < -0.39 is 0 Å². The predicted molar refractivity (Wildman–Crippen MR) is 54.6 cm³/mol. The molecule has 4 heteroatoms. The monoisotopic (exact) mass is 206 g/mol. The van der Waals surface area contributed by atoms with Crippen molar-refractivity contribution in [2.45, 2.75) is 6.42 Å². The van der Waals surface area contributed by atoms with E-state index >= 15 is 0 Å². The number of rotatable bonds is 3. The molecule has 0 saturated carbocycles. The second-order valence-corrected chi connectivity index (χ2v) is 2.77. The average Bonchev–Trinajstić information content (AvgIpc) is 2.01. The highest BCUT2D eigenvalue weighted by molar-refractivity contribution is 6.30. The van der Waals surface area contributed by atoms with Gasteiger partial charge in [-0.25, -0.2) is 0 Å². The molecule has 0 fully saturated rings. The first-order chi connectivity index (χ1) is 5.33. The van der Waals surface area contributed by atoms with Gasteiger partial charge < -0.3 is 0 Å². The van der Waals surface area contributed by atoms with Gasteiger partial charge in [0, 0.05) is 11.6 Å². The van der Waals surface area contributed by atoms with Gasteiger partial charge >= 0.3 is 0 Å². The lowest BCUT2D eigenvalue weighted by atomic mass is 10.1. The molecule has 0 aliphatic heterocycles. The number of halogens is 2. The molecule has 68 valence electrons. The number of benzene rings is 1. The molecule has 0 heterocycles. The van der Waals surface area contributed by atoms with E-state index in [4.69, 9.17) is 17.4 Å². The molecular formula is C8H12Cl2N2. The molecule has 0 unspecified atom stereocenters. The maximum atomic E-state index is 5.77. The molecule has 1 aromatic rings. The fourth-order valence-electron chi connectivity index (χ4n) is 0.909. The Balaban J connectivity index is 0.00000121. The minimum absolute atomic E-state index is 0. The van der Waals surface area contributed by atoms with Crippen LogP contribution in [0, 0.1) is 0 Å². The topological polar surface area (TPSA) is 38.0 Å². The summed E-state index contributed by atoms with van der Waals surface area (Å²) in [6.07, 6.45) is 0.914. The fraction of sp³-hybridized carbons (Fsp3) is 0.250. The van der Waals surface area contributed by atoms with E-state index in [2.05, 4.69) is 5.43 Å².